The first-order valence-electron chi connectivity index (χ1n) is 10.9. The molecule has 1 rings (SSSR count). The van der Waals surface area contributed by atoms with Gasteiger partial charge in [0.1, 0.15) is 0 Å². The highest BCUT2D eigenvalue weighted by Gasteiger charge is 2.19. The van der Waals surface area contributed by atoms with Gasteiger partial charge in [-0.2, -0.15) is 0 Å². The molecule has 0 atom stereocenters. The van der Waals surface area contributed by atoms with E-state index in [-0.39, 0.29) is 24.3 Å². The standard InChI is InChI=1S/C23H37NO4/c1-4-7-8-9-10-11-12-13-14-17-24-19-15-16-20(22(25)27-5-2)21(18-19)23(26)28-6-3/h15-16,18,24H,4-14,17H2,1-3H3. The summed E-state index contributed by atoms with van der Waals surface area (Å²) >= 11 is 0. The minimum absolute atomic E-state index is 0.244. The van der Waals surface area contributed by atoms with Gasteiger partial charge in [0.25, 0.3) is 0 Å². The molecule has 5 heteroatoms. The van der Waals surface area contributed by atoms with Crippen molar-refractivity contribution in [1.29, 1.82) is 0 Å². The van der Waals surface area contributed by atoms with Gasteiger partial charge in [-0.25, -0.2) is 9.59 Å². The lowest BCUT2D eigenvalue weighted by atomic mass is 10.1. The number of unbranched alkanes of at least 4 members (excludes halogenated alkanes) is 8. The zero-order chi connectivity index (χ0) is 20.6. The van der Waals surface area contributed by atoms with Crippen LogP contribution in [0, 0.1) is 0 Å². The second-order valence-electron chi connectivity index (χ2n) is 6.96. The minimum Gasteiger partial charge on any atom is -0.462 e. The molecule has 1 aromatic carbocycles. The lowest BCUT2D eigenvalue weighted by molar-refractivity contribution is 0.0479. The van der Waals surface area contributed by atoms with Crippen LogP contribution in [0.4, 0.5) is 5.69 Å². The molecule has 0 aliphatic rings. The molecule has 0 heterocycles. The zero-order valence-electron chi connectivity index (χ0n) is 17.9. The predicted octanol–water partition coefficient (Wildman–Crippen LogP) is 5.98. The lowest BCUT2D eigenvalue weighted by Gasteiger charge is -2.12. The van der Waals surface area contributed by atoms with Gasteiger partial charge in [-0.15, -0.1) is 0 Å². The van der Waals surface area contributed by atoms with E-state index in [1.54, 1.807) is 26.0 Å². The highest BCUT2D eigenvalue weighted by Crippen LogP contribution is 2.19. The molecule has 0 radical (unpaired) electrons. The molecule has 1 N–H and O–H groups in total. The summed E-state index contributed by atoms with van der Waals surface area (Å²) in [7, 11) is 0. The van der Waals surface area contributed by atoms with Gasteiger partial charge in [0.15, 0.2) is 0 Å². The third kappa shape index (κ3) is 9.25. The van der Waals surface area contributed by atoms with E-state index in [1.165, 1.54) is 51.4 Å². The van der Waals surface area contributed by atoms with Crippen LogP contribution in [0.2, 0.25) is 0 Å². The van der Waals surface area contributed by atoms with Crippen molar-refractivity contribution in [3.05, 3.63) is 29.3 Å². The maximum atomic E-state index is 12.2. The van der Waals surface area contributed by atoms with E-state index >= 15 is 0 Å². The summed E-state index contributed by atoms with van der Waals surface area (Å²) in [5, 5.41) is 3.34. The Morgan fingerprint density at radius 1 is 0.750 bits per heavy atom. The van der Waals surface area contributed by atoms with Crippen molar-refractivity contribution < 1.29 is 19.1 Å². The normalized spacial score (nSPS) is 10.5. The number of anilines is 1. The molecular weight excluding hydrogens is 354 g/mol. The van der Waals surface area contributed by atoms with Gasteiger partial charge in [0, 0.05) is 12.2 Å². The molecule has 0 fully saturated rings. The molecule has 5 nitrogen and oxygen atoms in total. The smallest absolute Gasteiger partial charge is 0.339 e. The number of hydrogen-bond donors (Lipinski definition) is 1. The highest BCUT2D eigenvalue weighted by atomic mass is 16.5. The summed E-state index contributed by atoms with van der Waals surface area (Å²) in [6.45, 7) is 7.09. The van der Waals surface area contributed by atoms with E-state index in [4.69, 9.17) is 9.47 Å². The molecular formula is C23H37NO4. The molecule has 28 heavy (non-hydrogen) atoms. The van der Waals surface area contributed by atoms with Gasteiger partial charge >= 0.3 is 11.9 Å². The number of nitrogens with one attached hydrogen (secondary N) is 1. The first-order valence-corrected chi connectivity index (χ1v) is 10.9. The SMILES string of the molecule is CCCCCCCCCCCNc1ccc(C(=O)OCC)c(C(=O)OCC)c1. The minimum atomic E-state index is -0.504. The number of rotatable bonds is 15. The van der Waals surface area contributed by atoms with Crippen LogP contribution in [0.15, 0.2) is 18.2 Å². The lowest BCUT2D eigenvalue weighted by Crippen LogP contribution is -2.15. The van der Waals surface area contributed by atoms with Crippen LogP contribution in [-0.2, 0) is 9.47 Å². The van der Waals surface area contributed by atoms with E-state index < -0.39 is 11.9 Å². The Balaban J connectivity index is 2.45. The first-order chi connectivity index (χ1) is 13.6. The summed E-state index contributed by atoms with van der Waals surface area (Å²) in [5.41, 5.74) is 1.31. The van der Waals surface area contributed by atoms with Crippen LogP contribution >= 0.6 is 0 Å². The van der Waals surface area contributed by atoms with Gasteiger partial charge in [0.2, 0.25) is 0 Å². The summed E-state index contributed by atoms with van der Waals surface area (Å²) < 4.78 is 10.1. The molecule has 0 spiro atoms. The Morgan fingerprint density at radius 3 is 1.86 bits per heavy atom. The van der Waals surface area contributed by atoms with Crippen molar-refractivity contribution in [3.8, 4) is 0 Å². The molecule has 0 aromatic heterocycles. The molecule has 0 unspecified atom stereocenters. The predicted molar refractivity (Wildman–Crippen MR) is 114 cm³/mol. The maximum Gasteiger partial charge on any atom is 0.339 e. The third-order valence-corrected chi connectivity index (χ3v) is 4.62. The summed E-state index contributed by atoms with van der Waals surface area (Å²) in [5.74, 6) is -1.01. The number of benzene rings is 1. The Kier molecular flexibility index (Phi) is 12.8. The van der Waals surface area contributed by atoms with Crippen molar-refractivity contribution in [2.24, 2.45) is 0 Å². The molecule has 0 saturated heterocycles. The topological polar surface area (TPSA) is 64.6 Å². The molecule has 0 amide bonds. The van der Waals surface area contributed by atoms with Crippen molar-refractivity contribution >= 4 is 17.6 Å². The fourth-order valence-corrected chi connectivity index (χ4v) is 3.09. The molecule has 158 valence electrons. The van der Waals surface area contributed by atoms with Crippen LogP contribution in [-0.4, -0.2) is 31.7 Å². The van der Waals surface area contributed by atoms with Gasteiger partial charge in [-0.05, 0) is 38.5 Å². The number of carbonyl (C=O) groups excluding carboxylic acids is 2. The Labute approximate surface area is 170 Å². The fraction of sp³-hybridized carbons (Fsp3) is 0.652. The summed E-state index contributed by atoms with van der Waals surface area (Å²) in [4.78, 5) is 24.3. The maximum absolute atomic E-state index is 12.2. The average Bonchev–Trinajstić information content (AvgIpc) is 2.69. The largest absolute Gasteiger partial charge is 0.462 e. The van der Waals surface area contributed by atoms with Gasteiger partial charge < -0.3 is 14.8 Å². The van der Waals surface area contributed by atoms with Crippen molar-refractivity contribution in [1.82, 2.24) is 0 Å². The number of hydrogen-bond acceptors (Lipinski definition) is 5. The van der Waals surface area contributed by atoms with E-state index in [0.29, 0.717) is 0 Å². The molecule has 0 aliphatic heterocycles. The van der Waals surface area contributed by atoms with E-state index in [9.17, 15) is 9.59 Å². The Hall–Kier alpha value is -2.04. The van der Waals surface area contributed by atoms with Crippen LogP contribution in [0.25, 0.3) is 0 Å². The van der Waals surface area contributed by atoms with Crippen LogP contribution in [0.1, 0.15) is 99.3 Å². The number of esters is 2. The van der Waals surface area contributed by atoms with E-state index in [0.717, 1.165) is 18.7 Å². The monoisotopic (exact) mass is 391 g/mol. The number of ether oxygens (including phenoxy) is 2. The molecule has 0 aliphatic carbocycles. The Morgan fingerprint density at radius 2 is 1.29 bits per heavy atom. The van der Waals surface area contributed by atoms with E-state index in [2.05, 4.69) is 12.2 Å². The van der Waals surface area contributed by atoms with Crippen molar-refractivity contribution in [2.75, 3.05) is 25.1 Å². The Bertz CT molecular complexity index is 586. The molecule has 0 saturated carbocycles. The van der Waals surface area contributed by atoms with Gasteiger partial charge in [-0.3, -0.25) is 0 Å². The van der Waals surface area contributed by atoms with Gasteiger partial charge in [0.05, 0.1) is 24.3 Å². The van der Waals surface area contributed by atoms with E-state index in [1.807, 2.05) is 6.07 Å². The second kappa shape index (κ2) is 14.9. The second-order valence-corrected chi connectivity index (χ2v) is 6.96. The van der Waals surface area contributed by atoms with Crippen LogP contribution < -0.4 is 5.32 Å². The summed E-state index contributed by atoms with van der Waals surface area (Å²) in [6, 6.07) is 5.11. The number of carbonyl (C=O) groups is 2. The summed E-state index contributed by atoms with van der Waals surface area (Å²) in [6.07, 6.45) is 11.6. The van der Waals surface area contributed by atoms with Crippen LogP contribution in [0.3, 0.4) is 0 Å². The van der Waals surface area contributed by atoms with Crippen LogP contribution in [0.5, 0.6) is 0 Å². The van der Waals surface area contributed by atoms with Crippen molar-refractivity contribution in [3.63, 3.8) is 0 Å². The fourth-order valence-electron chi connectivity index (χ4n) is 3.09. The molecule has 1 aromatic rings. The highest BCUT2D eigenvalue weighted by molar-refractivity contribution is 6.03. The third-order valence-electron chi connectivity index (χ3n) is 4.62. The van der Waals surface area contributed by atoms with Gasteiger partial charge in [-0.1, -0.05) is 58.3 Å². The molecule has 0 bridgehead atoms. The zero-order valence-corrected chi connectivity index (χ0v) is 17.9. The quantitative estimate of drug-likeness (QED) is 0.294. The average molecular weight is 392 g/mol. The van der Waals surface area contributed by atoms with Crippen molar-refractivity contribution in [2.45, 2.75) is 78.6 Å². The first kappa shape index (κ1) is 24.0.